The van der Waals surface area contributed by atoms with Crippen LogP contribution < -0.4 is 0 Å². The molecule has 1 unspecified atom stereocenters. The Kier molecular flexibility index (Phi) is 7.34. The number of hydrogen-bond acceptors (Lipinski definition) is 7. The van der Waals surface area contributed by atoms with E-state index in [1.807, 2.05) is 4.90 Å². The molecule has 6 saturated carbocycles. The van der Waals surface area contributed by atoms with Crippen LogP contribution in [-0.4, -0.2) is 86.7 Å². The van der Waals surface area contributed by atoms with Crippen molar-refractivity contribution >= 4 is 15.7 Å². The number of rotatable bonds is 6. The van der Waals surface area contributed by atoms with Gasteiger partial charge in [0.25, 0.3) is 0 Å². The van der Waals surface area contributed by atoms with Gasteiger partial charge in [-0.25, -0.2) is 8.42 Å². The van der Waals surface area contributed by atoms with Crippen LogP contribution in [0.25, 0.3) is 0 Å². The number of amides is 1. The molecule has 2 spiro atoms. The number of hydrogen-bond donors (Lipinski definition) is 1. The Morgan fingerprint density at radius 3 is 2.43 bits per heavy atom. The summed E-state index contributed by atoms with van der Waals surface area (Å²) in [6.07, 6.45) is 11.7. The van der Waals surface area contributed by atoms with Crippen molar-refractivity contribution in [2.24, 2.45) is 56.7 Å². The van der Waals surface area contributed by atoms with E-state index in [-0.39, 0.29) is 63.8 Å². The Bertz CT molecular complexity index is 1360. The molecule has 9 heteroatoms. The summed E-state index contributed by atoms with van der Waals surface area (Å²) in [5.74, 6) is 2.47. The topological polar surface area (TPSA) is 102 Å². The summed E-state index contributed by atoms with van der Waals surface area (Å²) >= 11 is 0. The van der Waals surface area contributed by atoms with Gasteiger partial charge in [0, 0.05) is 24.6 Å². The van der Waals surface area contributed by atoms with Crippen LogP contribution in [-0.2, 0) is 28.8 Å². The molecule has 8 rings (SSSR count). The summed E-state index contributed by atoms with van der Waals surface area (Å²) in [7, 11) is -3.16. The molecule has 1 N–H and O–H groups in total. The summed E-state index contributed by atoms with van der Waals surface area (Å²) in [6, 6.07) is 0. The second-order valence-electron chi connectivity index (χ2n) is 18.6. The minimum absolute atomic E-state index is 0.00317. The molecule has 2 heterocycles. The zero-order chi connectivity index (χ0) is 32.7. The van der Waals surface area contributed by atoms with Gasteiger partial charge in [0.1, 0.15) is 9.84 Å². The molecule has 260 valence electrons. The molecule has 2 saturated heterocycles. The van der Waals surface area contributed by atoms with Crippen molar-refractivity contribution in [1.82, 2.24) is 4.90 Å². The van der Waals surface area contributed by atoms with Crippen LogP contribution >= 0.6 is 0 Å². The highest BCUT2D eigenvalue weighted by Crippen LogP contribution is 2.89. The lowest BCUT2D eigenvalue weighted by Crippen LogP contribution is -2.60. The number of aliphatic hydroxyl groups excluding tert-OH is 1. The van der Waals surface area contributed by atoms with Gasteiger partial charge in [0.15, 0.2) is 6.29 Å². The molecule has 0 aromatic carbocycles. The van der Waals surface area contributed by atoms with Gasteiger partial charge in [-0.15, -0.1) is 0 Å². The molecule has 6 aliphatic carbocycles. The van der Waals surface area contributed by atoms with E-state index in [4.69, 9.17) is 14.2 Å². The zero-order valence-electron chi connectivity index (χ0n) is 29.1. The van der Waals surface area contributed by atoms with E-state index >= 15 is 0 Å². The molecular weight excluding hydrogens is 602 g/mol. The maximum absolute atomic E-state index is 12.9. The van der Waals surface area contributed by atoms with E-state index in [1.165, 1.54) is 38.4 Å². The fraction of sp³-hybridized carbons (Fsp3) is 0.973. The summed E-state index contributed by atoms with van der Waals surface area (Å²) in [4.78, 5) is 14.8. The lowest BCUT2D eigenvalue weighted by atomic mass is 9.41. The minimum atomic E-state index is -3.16. The predicted octanol–water partition coefficient (Wildman–Crippen LogP) is 5.21. The fourth-order valence-corrected chi connectivity index (χ4v) is 14.8. The van der Waals surface area contributed by atoms with Gasteiger partial charge in [-0.2, -0.15) is 0 Å². The number of morpholine rings is 1. The third-order valence-electron chi connectivity index (χ3n) is 16.2. The SMILES string of the molecule is C[C@@H]1C[C@H](CS(C)(=O)=O)O[C@H]2[C@H]1[C@@]1(C)CC[C@@]34C[C@@]35CCC(O[C@H]3CN(C(=O)CC6CC6)CCO3)C(C)(C)[C@@H]5CC[C@H]4[C@]1(C)[C@H]2O. The highest BCUT2D eigenvalue weighted by molar-refractivity contribution is 7.90. The molecule has 8 aliphatic rings. The average Bonchev–Trinajstić information content (AvgIpc) is 3.89. The Hall–Kier alpha value is -0.740. The molecular formula is C37H59NO7S. The smallest absolute Gasteiger partial charge is 0.223 e. The van der Waals surface area contributed by atoms with E-state index in [2.05, 4.69) is 34.6 Å². The summed E-state index contributed by atoms with van der Waals surface area (Å²) in [5, 5.41) is 12.3. The lowest BCUT2D eigenvalue weighted by molar-refractivity contribution is -0.248. The van der Waals surface area contributed by atoms with Crippen molar-refractivity contribution < 1.29 is 32.5 Å². The van der Waals surface area contributed by atoms with Crippen LogP contribution in [0.3, 0.4) is 0 Å². The van der Waals surface area contributed by atoms with E-state index in [1.54, 1.807) is 0 Å². The first-order valence-corrected chi connectivity index (χ1v) is 20.7. The van der Waals surface area contributed by atoms with Crippen LogP contribution in [0.5, 0.6) is 0 Å². The highest BCUT2D eigenvalue weighted by atomic mass is 32.2. The first kappa shape index (κ1) is 32.5. The van der Waals surface area contributed by atoms with Gasteiger partial charge >= 0.3 is 0 Å². The Morgan fingerprint density at radius 2 is 1.72 bits per heavy atom. The molecule has 2 aliphatic heterocycles. The molecule has 0 aromatic rings. The first-order chi connectivity index (χ1) is 21.6. The van der Waals surface area contributed by atoms with Gasteiger partial charge in [0.05, 0.1) is 43.3 Å². The second-order valence-corrected chi connectivity index (χ2v) is 20.8. The van der Waals surface area contributed by atoms with Crippen LogP contribution in [0.4, 0.5) is 0 Å². The van der Waals surface area contributed by atoms with Crippen LogP contribution in [0.15, 0.2) is 0 Å². The van der Waals surface area contributed by atoms with E-state index in [0.717, 1.165) is 32.1 Å². The van der Waals surface area contributed by atoms with Crippen LogP contribution in [0.2, 0.25) is 0 Å². The van der Waals surface area contributed by atoms with Gasteiger partial charge in [-0.1, -0.05) is 34.6 Å². The summed E-state index contributed by atoms with van der Waals surface area (Å²) in [5.41, 5.74) is 0.256. The molecule has 8 fully saturated rings. The number of sulfone groups is 1. The number of carbonyl (C=O) groups is 1. The third kappa shape index (κ3) is 4.48. The predicted molar refractivity (Wildman–Crippen MR) is 174 cm³/mol. The lowest BCUT2D eigenvalue weighted by Gasteiger charge is -2.64. The standard InChI is InChI=1S/C37H59NO7S/c1-22-17-24(20-46(6,41)42)44-31-30(22)34(4)13-14-37-21-36(37)12-11-27(33(2,3)25(36)9-10-26(37)35(34,5)32(31)40)45-29-19-38(15-16-43-29)28(39)18-23-7-8-23/h22-27,29-32,40H,7-21H2,1-6H3/t22-,24-,25+,26+,27?,29+,30+,31+,32+,34-,35-,36-,37+/m1/s1. The molecule has 46 heavy (non-hydrogen) atoms. The van der Waals surface area contributed by atoms with Crippen molar-refractivity contribution in [2.45, 2.75) is 136 Å². The highest BCUT2D eigenvalue weighted by Gasteiger charge is 2.84. The van der Waals surface area contributed by atoms with E-state index in [0.29, 0.717) is 55.2 Å². The fourth-order valence-electron chi connectivity index (χ4n) is 13.9. The van der Waals surface area contributed by atoms with E-state index < -0.39 is 15.9 Å². The maximum atomic E-state index is 12.9. The van der Waals surface area contributed by atoms with Gasteiger partial charge in [-0.05, 0) is 115 Å². The van der Waals surface area contributed by atoms with Crippen LogP contribution in [0.1, 0.15) is 105 Å². The van der Waals surface area contributed by atoms with Crippen molar-refractivity contribution in [3.8, 4) is 0 Å². The maximum Gasteiger partial charge on any atom is 0.223 e. The average molecular weight is 662 g/mol. The Balaban J connectivity index is 1.01. The molecule has 13 atom stereocenters. The van der Waals surface area contributed by atoms with Crippen molar-refractivity contribution in [3.63, 3.8) is 0 Å². The normalized spacial score (nSPS) is 52.5. The van der Waals surface area contributed by atoms with E-state index in [9.17, 15) is 18.3 Å². The van der Waals surface area contributed by atoms with Gasteiger partial charge in [0.2, 0.25) is 5.91 Å². The second kappa shape index (κ2) is 10.4. The molecule has 0 radical (unpaired) electrons. The molecule has 0 aromatic heterocycles. The minimum Gasteiger partial charge on any atom is -0.390 e. The summed E-state index contributed by atoms with van der Waals surface area (Å²) < 4.78 is 44.0. The molecule has 0 bridgehead atoms. The quantitative estimate of drug-likeness (QED) is 0.417. The van der Waals surface area contributed by atoms with Gasteiger partial charge < -0.3 is 24.2 Å². The monoisotopic (exact) mass is 661 g/mol. The largest absolute Gasteiger partial charge is 0.390 e. The number of carbonyl (C=O) groups excluding carboxylic acids is 1. The number of aliphatic hydroxyl groups is 1. The van der Waals surface area contributed by atoms with Crippen LogP contribution in [0, 0.1) is 56.7 Å². The summed E-state index contributed by atoms with van der Waals surface area (Å²) in [6.45, 7) is 13.7. The number of nitrogens with zero attached hydrogens (tertiary/aromatic N) is 1. The third-order valence-corrected chi connectivity index (χ3v) is 17.1. The Labute approximate surface area is 277 Å². The van der Waals surface area contributed by atoms with Crippen molar-refractivity contribution in [1.29, 1.82) is 0 Å². The molecule has 8 nitrogen and oxygen atoms in total. The van der Waals surface area contributed by atoms with Crippen molar-refractivity contribution in [3.05, 3.63) is 0 Å². The van der Waals surface area contributed by atoms with Crippen molar-refractivity contribution in [2.75, 3.05) is 31.7 Å². The number of fused-ring (bicyclic) bond motifs is 4. The Morgan fingerprint density at radius 1 is 1.00 bits per heavy atom. The number of ether oxygens (including phenoxy) is 3. The zero-order valence-corrected chi connectivity index (χ0v) is 29.9. The first-order valence-electron chi connectivity index (χ1n) is 18.6. The van der Waals surface area contributed by atoms with Gasteiger partial charge in [-0.3, -0.25) is 4.79 Å². The molecule has 1 amide bonds.